The summed E-state index contributed by atoms with van der Waals surface area (Å²) in [6.07, 6.45) is 0. The van der Waals surface area contributed by atoms with Crippen molar-refractivity contribution in [2.75, 3.05) is 0 Å². The average molecular weight is 354 g/mol. The molecule has 0 aliphatic heterocycles. The second kappa shape index (κ2) is 5.65. The topological polar surface area (TPSA) is 3.88 Å². The van der Waals surface area contributed by atoms with Crippen LogP contribution in [-0.2, 0) is 7.05 Å². The number of benzene rings is 3. The van der Waals surface area contributed by atoms with E-state index in [1.165, 1.54) is 53.5 Å². The maximum atomic E-state index is 2.36. The van der Waals surface area contributed by atoms with Crippen LogP contribution in [0.3, 0.4) is 0 Å². The molecule has 126 valence electrons. The number of aryl methyl sites for hydroxylation is 2. The maximum absolute atomic E-state index is 2.36. The number of pyridine rings is 1. The predicted octanol–water partition coefficient (Wildman–Crippen LogP) is 6.32. The molecule has 0 amide bonds. The number of hydrogen-bond acceptors (Lipinski definition) is 1. The summed E-state index contributed by atoms with van der Waals surface area (Å²) in [4.78, 5) is 0. The summed E-state index contributed by atoms with van der Waals surface area (Å²) in [6.45, 7) is 4.48. The molecule has 0 saturated carbocycles. The van der Waals surface area contributed by atoms with E-state index in [1.807, 2.05) is 11.3 Å². The van der Waals surface area contributed by atoms with Crippen molar-refractivity contribution in [1.29, 1.82) is 0 Å². The van der Waals surface area contributed by atoms with Crippen LogP contribution in [0, 0.1) is 13.8 Å². The van der Waals surface area contributed by atoms with Gasteiger partial charge in [0.25, 0.3) is 0 Å². The number of fused-ring (bicyclic) bond motifs is 4. The highest BCUT2D eigenvalue weighted by molar-refractivity contribution is 7.26. The highest BCUT2D eigenvalue weighted by Crippen LogP contribution is 2.42. The molecule has 3 aromatic carbocycles. The van der Waals surface area contributed by atoms with Gasteiger partial charge < -0.3 is 0 Å². The molecule has 0 atom stereocenters. The molecule has 2 heterocycles. The minimum absolute atomic E-state index is 1.26. The number of rotatable bonds is 1. The van der Waals surface area contributed by atoms with Crippen molar-refractivity contribution < 1.29 is 4.57 Å². The van der Waals surface area contributed by atoms with Crippen molar-refractivity contribution in [3.63, 3.8) is 0 Å². The van der Waals surface area contributed by atoms with Gasteiger partial charge in [0.2, 0.25) is 11.2 Å². The first-order valence-corrected chi connectivity index (χ1v) is 9.76. The SMILES string of the molecule is Cc1cc2c(sc3ccccc32)c(-c2ccc3ccccc3[n+]2C)c1C. The standard InChI is InChI=1S/C24H20NS/c1-15-14-19-18-9-5-7-11-22(18)26-24(19)23(16(15)2)21-13-12-17-8-4-6-10-20(17)25(21)3/h4-14H,1-3H3/q+1. The summed E-state index contributed by atoms with van der Waals surface area (Å²) in [7, 11) is 2.18. The molecule has 0 unspecified atom stereocenters. The number of thiophene rings is 1. The molecule has 0 aliphatic carbocycles. The van der Waals surface area contributed by atoms with E-state index in [0.717, 1.165) is 0 Å². The number of hydrogen-bond donors (Lipinski definition) is 0. The lowest BCUT2D eigenvalue weighted by atomic mass is 9.96. The third kappa shape index (κ3) is 2.12. The van der Waals surface area contributed by atoms with Crippen LogP contribution in [0.5, 0.6) is 0 Å². The lowest BCUT2D eigenvalue weighted by molar-refractivity contribution is -0.633. The fraction of sp³-hybridized carbons (Fsp3) is 0.125. The Balaban J connectivity index is 1.95. The van der Waals surface area contributed by atoms with E-state index in [1.54, 1.807) is 0 Å². The molecule has 2 aromatic heterocycles. The van der Waals surface area contributed by atoms with Crippen molar-refractivity contribution in [1.82, 2.24) is 0 Å². The van der Waals surface area contributed by atoms with Gasteiger partial charge in [0.15, 0.2) is 0 Å². The van der Waals surface area contributed by atoms with Crippen LogP contribution in [0.1, 0.15) is 11.1 Å². The first-order chi connectivity index (χ1) is 12.6. The first-order valence-electron chi connectivity index (χ1n) is 8.95. The lowest BCUT2D eigenvalue weighted by Crippen LogP contribution is -2.32. The zero-order valence-electron chi connectivity index (χ0n) is 15.2. The average Bonchev–Trinajstić information content (AvgIpc) is 3.02. The zero-order chi connectivity index (χ0) is 17.8. The highest BCUT2D eigenvalue weighted by atomic mass is 32.1. The molecule has 0 saturated heterocycles. The molecule has 5 rings (SSSR count). The minimum Gasteiger partial charge on any atom is -0.194 e. The fourth-order valence-electron chi connectivity index (χ4n) is 3.99. The van der Waals surface area contributed by atoms with E-state index in [4.69, 9.17) is 0 Å². The Morgan fingerprint density at radius 2 is 1.58 bits per heavy atom. The number of nitrogens with zero attached hydrogens (tertiary/aromatic N) is 1. The predicted molar refractivity (Wildman–Crippen MR) is 113 cm³/mol. The molecular weight excluding hydrogens is 334 g/mol. The Hall–Kier alpha value is -2.71. The summed E-state index contributed by atoms with van der Waals surface area (Å²) in [5.41, 5.74) is 6.63. The van der Waals surface area contributed by atoms with Gasteiger partial charge in [0.05, 0.1) is 5.56 Å². The molecule has 1 nitrogen and oxygen atoms in total. The van der Waals surface area contributed by atoms with Crippen LogP contribution in [-0.4, -0.2) is 0 Å². The Morgan fingerprint density at radius 1 is 0.808 bits per heavy atom. The summed E-state index contributed by atoms with van der Waals surface area (Å²) < 4.78 is 5.08. The van der Waals surface area contributed by atoms with Crippen molar-refractivity contribution in [3.8, 4) is 11.3 Å². The van der Waals surface area contributed by atoms with Gasteiger partial charge in [-0.05, 0) is 49.2 Å². The molecule has 26 heavy (non-hydrogen) atoms. The van der Waals surface area contributed by atoms with Gasteiger partial charge in [-0.2, -0.15) is 4.57 Å². The monoisotopic (exact) mass is 354 g/mol. The highest BCUT2D eigenvalue weighted by Gasteiger charge is 2.21. The summed E-state index contributed by atoms with van der Waals surface area (Å²) in [5, 5.41) is 4.01. The Labute approximate surface area is 157 Å². The van der Waals surface area contributed by atoms with Gasteiger partial charge in [0.1, 0.15) is 7.05 Å². The smallest absolute Gasteiger partial charge is 0.194 e. The molecule has 0 bridgehead atoms. The quantitative estimate of drug-likeness (QED) is 0.310. The van der Waals surface area contributed by atoms with E-state index in [0.29, 0.717) is 0 Å². The zero-order valence-corrected chi connectivity index (χ0v) is 16.0. The first kappa shape index (κ1) is 15.5. The van der Waals surface area contributed by atoms with Gasteiger partial charge in [0, 0.05) is 37.7 Å². The fourth-order valence-corrected chi connectivity index (χ4v) is 5.28. The largest absolute Gasteiger partial charge is 0.214 e. The normalized spacial score (nSPS) is 11.7. The summed E-state index contributed by atoms with van der Waals surface area (Å²) in [6, 6.07) is 24.2. The van der Waals surface area contributed by atoms with Crippen molar-refractivity contribution >= 4 is 42.4 Å². The third-order valence-corrected chi connectivity index (χ3v) is 6.73. The third-order valence-electron chi connectivity index (χ3n) is 5.52. The minimum atomic E-state index is 1.26. The van der Waals surface area contributed by atoms with Crippen LogP contribution in [0.4, 0.5) is 0 Å². The van der Waals surface area contributed by atoms with Gasteiger partial charge >= 0.3 is 0 Å². The number of aromatic nitrogens is 1. The second-order valence-corrected chi connectivity index (χ2v) is 8.06. The van der Waals surface area contributed by atoms with Crippen LogP contribution >= 0.6 is 11.3 Å². The molecule has 0 radical (unpaired) electrons. The molecule has 5 aromatic rings. The van der Waals surface area contributed by atoms with E-state index in [9.17, 15) is 0 Å². The van der Waals surface area contributed by atoms with Crippen LogP contribution in [0.25, 0.3) is 42.3 Å². The maximum Gasteiger partial charge on any atom is 0.214 e. The Morgan fingerprint density at radius 3 is 2.46 bits per heavy atom. The second-order valence-electron chi connectivity index (χ2n) is 7.00. The van der Waals surface area contributed by atoms with Crippen molar-refractivity contribution in [3.05, 3.63) is 77.9 Å². The molecule has 0 N–H and O–H groups in total. The van der Waals surface area contributed by atoms with E-state index in [-0.39, 0.29) is 0 Å². The van der Waals surface area contributed by atoms with Crippen molar-refractivity contribution in [2.24, 2.45) is 7.05 Å². The molecule has 2 heteroatoms. The molecule has 0 fully saturated rings. The molecular formula is C24H20NS+. The molecule has 0 aliphatic rings. The van der Waals surface area contributed by atoms with Gasteiger partial charge in [-0.15, -0.1) is 11.3 Å². The van der Waals surface area contributed by atoms with Crippen molar-refractivity contribution in [2.45, 2.75) is 13.8 Å². The van der Waals surface area contributed by atoms with Gasteiger partial charge in [-0.1, -0.05) is 30.3 Å². The van der Waals surface area contributed by atoms with Crippen LogP contribution in [0.15, 0.2) is 66.7 Å². The van der Waals surface area contributed by atoms with Gasteiger partial charge in [-0.25, -0.2) is 0 Å². The van der Waals surface area contributed by atoms with Crippen LogP contribution < -0.4 is 4.57 Å². The van der Waals surface area contributed by atoms with E-state index in [2.05, 4.69) is 92.2 Å². The Bertz CT molecular complexity index is 1310. The number of para-hydroxylation sites is 1. The summed E-state index contributed by atoms with van der Waals surface area (Å²) in [5.74, 6) is 0. The van der Waals surface area contributed by atoms with Gasteiger partial charge in [-0.3, -0.25) is 0 Å². The Kier molecular flexibility index (Phi) is 3.38. The molecule has 0 spiro atoms. The van der Waals surface area contributed by atoms with E-state index >= 15 is 0 Å². The summed E-state index contributed by atoms with van der Waals surface area (Å²) >= 11 is 1.91. The van der Waals surface area contributed by atoms with E-state index < -0.39 is 0 Å². The van der Waals surface area contributed by atoms with Crippen LogP contribution in [0.2, 0.25) is 0 Å². The lowest BCUT2D eigenvalue weighted by Gasteiger charge is -2.10.